The van der Waals surface area contributed by atoms with Gasteiger partial charge in [0.2, 0.25) is 5.91 Å². The van der Waals surface area contributed by atoms with Crippen molar-refractivity contribution in [2.45, 2.75) is 38.8 Å². The van der Waals surface area contributed by atoms with Gasteiger partial charge in [0, 0.05) is 6.04 Å². The van der Waals surface area contributed by atoms with E-state index in [1.54, 1.807) is 0 Å². The highest BCUT2D eigenvalue weighted by Crippen LogP contribution is 1.96. The normalized spacial score (nSPS) is 13.3. The molecule has 0 aromatic heterocycles. The number of amides is 1. The molecule has 0 fully saturated rings. The maximum atomic E-state index is 10.9. The van der Waals surface area contributed by atoms with Crippen LogP contribution in [0.25, 0.3) is 0 Å². The first-order valence-corrected chi connectivity index (χ1v) is 4.33. The van der Waals surface area contributed by atoms with Crippen LogP contribution < -0.4 is 16.8 Å². The van der Waals surface area contributed by atoms with E-state index in [1.807, 2.05) is 13.8 Å². The van der Waals surface area contributed by atoms with E-state index in [1.165, 1.54) is 0 Å². The van der Waals surface area contributed by atoms with E-state index in [0.717, 1.165) is 12.8 Å². The zero-order valence-corrected chi connectivity index (χ0v) is 7.84. The number of rotatable bonds is 6. The third-order valence-electron chi connectivity index (χ3n) is 1.57. The van der Waals surface area contributed by atoms with Crippen LogP contribution in [0.1, 0.15) is 26.7 Å². The second-order valence-corrected chi connectivity index (χ2v) is 3.21. The van der Waals surface area contributed by atoms with Gasteiger partial charge in [0.25, 0.3) is 0 Å². The zero-order valence-electron chi connectivity index (χ0n) is 7.84. The summed E-state index contributed by atoms with van der Waals surface area (Å²) in [4.78, 5) is 10.9. The van der Waals surface area contributed by atoms with Crippen LogP contribution in [0.5, 0.6) is 0 Å². The lowest BCUT2D eigenvalue weighted by molar-refractivity contribution is -0.120. The molecule has 1 atom stereocenters. The highest BCUT2D eigenvalue weighted by atomic mass is 16.1. The molecule has 12 heavy (non-hydrogen) atoms. The number of hydrogen-bond donors (Lipinski definition) is 3. The number of carbonyl (C=O) groups is 1. The van der Waals surface area contributed by atoms with Crippen molar-refractivity contribution < 1.29 is 4.79 Å². The summed E-state index contributed by atoms with van der Waals surface area (Å²) in [7, 11) is 0. The summed E-state index contributed by atoms with van der Waals surface area (Å²) in [5.74, 6) is -0.294. The molecule has 0 saturated heterocycles. The molecule has 0 saturated carbocycles. The molecule has 1 amide bonds. The highest BCUT2D eigenvalue weighted by molar-refractivity contribution is 5.79. The number of hydrogen-bond acceptors (Lipinski definition) is 3. The first kappa shape index (κ1) is 11.4. The molecular weight excluding hydrogens is 154 g/mol. The van der Waals surface area contributed by atoms with Crippen LogP contribution in [0.2, 0.25) is 0 Å². The average Bonchev–Trinajstić information content (AvgIpc) is 1.96. The lowest BCUT2D eigenvalue weighted by Gasteiger charge is -2.17. The number of primary amides is 1. The molecule has 0 radical (unpaired) electrons. The summed E-state index contributed by atoms with van der Waals surface area (Å²) in [6, 6.07) is 0.0498. The molecular formula is C8H19N3O. The van der Waals surface area contributed by atoms with Crippen LogP contribution in [0, 0.1) is 0 Å². The summed E-state index contributed by atoms with van der Waals surface area (Å²) in [6.07, 6.45) is 1.55. The van der Waals surface area contributed by atoms with Gasteiger partial charge in [0.1, 0.15) is 0 Å². The third-order valence-corrected chi connectivity index (χ3v) is 1.57. The Hall–Kier alpha value is -0.610. The van der Waals surface area contributed by atoms with Gasteiger partial charge in [0.05, 0.1) is 6.04 Å². The van der Waals surface area contributed by atoms with Gasteiger partial charge in [-0.25, -0.2) is 0 Å². The Morgan fingerprint density at radius 2 is 2.08 bits per heavy atom. The molecule has 5 N–H and O–H groups in total. The van der Waals surface area contributed by atoms with Crippen LogP contribution in [-0.2, 0) is 4.79 Å². The van der Waals surface area contributed by atoms with E-state index in [9.17, 15) is 4.79 Å². The second-order valence-electron chi connectivity index (χ2n) is 3.21. The zero-order chi connectivity index (χ0) is 9.56. The quantitative estimate of drug-likeness (QED) is 0.510. The monoisotopic (exact) mass is 173 g/mol. The van der Waals surface area contributed by atoms with Gasteiger partial charge >= 0.3 is 0 Å². The molecule has 0 heterocycles. The minimum Gasteiger partial charge on any atom is -0.368 e. The molecule has 72 valence electrons. The van der Waals surface area contributed by atoms with Crippen molar-refractivity contribution in [2.24, 2.45) is 11.5 Å². The summed E-state index contributed by atoms with van der Waals surface area (Å²) in [5, 5.41) is 3.08. The Kier molecular flexibility index (Phi) is 5.66. The van der Waals surface area contributed by atoms with Crippen molar-refractivity contribution in [1.29, 1.82) is 0 Å². The van der Waals surface area contributed by atoms with E-state index in [0.29, 0.717) is 6.54 Å². The van der Waals surface area contributed by atoms with E-state index in [4.69, 9.17) is 11.5 Å². The minimum atomic E-state index is -0.294. The fraction of sp³-hybridized carbons (Fsp3) is 0.875. The Labute approximate surface area is 73.7 Å². The molecule has 1 unspecified atom stereocenters. The molecule has 0 aromatic carbocycles. The average molecular weight is 173 g/mol. The number of carbonyl (C=O) groups excluding carboxylic acids is 1. The molecule has 0 aromatic rings. The van der Waals surface area contributed by atoms with Crippen LogP contribution in [-0.4, -0.2) is 24.5 Å². The Bertz CT molecular complexity index is 136. The lowest BCUT2D eigenvalue weighted by atomic mass is 10.1. The van der Waals surface area contributed by atoms with Gasteiger partial charge in [0.15, 0.2) is 0 Å². The van der Waals surface area contributed by atoms with E-state index < -0.39 is 0 Å². The number of nitrogens with one attached hydrogen (secondary N) is 1. The topological polar surface area (TPSA) is 81.1 Å². The van der Waals surface area contributed by atoms with Gasteiger partial charge in [-0.05, 0) is 19.4 Å². The van der Waals surface area contributed by atoms with Crippen molar-refractivity contribution in [3.63, 3.8) is 0 Å². The first-order valence-electron chi connectivity index (χ1n) is 4.33. The van der Waals surface area contributed by atoms with Crippen molar-refractivity contribution >= 4 is 5.91 Å². The summed E-state index contributed by atoms with van der Waals surface area (Å²) in [6.45, 7) is 4.57. The van der Waals surface area contributed by atoms with Gasteiger partial charge in [-0.15, -0.1) is 0 Å². The van der Waals surface area contributed by atoms with Crippen LogP contribution in [0.15, 0.2) is 0 Å². The number of nitrogens with two attached hydrogens (primary N) is 2. The van der Waals surface area contributed by atoms with Crippen molar-refractivity contribution in [1.82, 2.24) is 5.32 Å². The maximum absolute atomic E-state index is 10.9. The summed E-state index contributed by atoms with van der Waals surface area (Å²) < 4.78 is 0. The first-order chi connectivity index (χ1) is 5.57. The molecule has 0 rings (SSSR count). The van der Waals surface area contributed by atoms with Gasteiger partial charge in [-0.1, -0.05) is 13.8 Å². The predicted molar refractivity (Wildman–Crippen MR) is 49.5 cm³/mol. The van der Waals surface area contributed by atoms with Crippen molar-refractivity contribution in [2.75, 3.05) is 6.54 Å². The molecule has 0 aliphatic carbocycles. The molecule has 0 aliphatic heterocycles. The molecule has 0 aliphatic rings. The van der Waals surface area contributed by atoms with E-state index in [2.05, 4.69) is 5.32 Å². The third kappa shape index (κ3) is 5.09. The van der Waals surface area contributed by atoms with Gasteiger partial charge < -0.3 is 16.8 Å². The largest absolute Gasteiger partial charge is 0.368 e. The van der Waals surface area contributed by atoms with E-state index in [-0.39, 0.29) is 18.0 Å². The maximum Gasteiger partial charge on any atom is 0.234 e. The smallest absolute Gasteiger partial charge is 0.234 e. The summed E-state index contributed by atoms with van der Waals surface area (Å²) in [5.41, 5.74) is 10.5. The predicted octanol–water partition coefficient (Wildman–Crippen LogP) is -0.423. The fourth-order valence-corrected chi connectivity index (χ4v) is 1.03. The molecule has 4 nitrogen and oxygen atoms in total. The van der Waals surface area contributed by atoms with Crippen molar-refractivity contribution in [3.8, 4) is 0 Å². The van der Waals surface area contributed by atoms with Crippen LogP contribution in [0.3, 0.4) is 0 Å². The lowest BCUT2D eigenvalue weighted by Crippen LogP contribution is -2.44. The molecule has 0 spiro atoms. The summed E-state index contributed by atoms with van der Waals surface area (Å²) >= 11 is 0. The molecule has 4 heteroatoms. The van der Waals surface area contributed by atoms with Crippen LogP contribution >= 0.6 is 0 Å². The second kappa shape index (κ2) is 5.97. The minimum absolute atomic E-state index is 0.228. The SMILES string of the molecule is CC(C)NC(CCCN)C(N)=O. The Balaban J connectivity index is 3.78. The highest BCUT2D eigenvalue weighted by Gasteiger charge is 2.14. The Morgan fingerprint density at radius 3 is 2.42 bits per heavy atom. The van der Waals surface area contributed by atoms with Crippen molar-refractivity contribution in [3.05, 3.63) is 0 Å². The van der Waals surface area contributed by atoms with Gasteiger partial charge in [-0.3, -0.25) is 4.79 Å². The Morgan fingerprint density at radius 1 is 1.50 bits per heavy atom. The van der Waals surface area contributed by atoms with E-state index >= 15 is 0 Å². The standard InChI is InChI=1S/C8H19N3O/c1-6(2)11-7(8(10)12)4-3-5-9/h6-7,11H,3-5,9H2,1-2H3,(H2,10,12). The van der Waals surface area contributed by atoms with Gasteiger partial charge in [-0.2, -0.15) is 0 Å². The fourth-order valence-electron chi connectivity index (χ4n) is 1.03. The molecule has 0 bridgehead atoms. The van der Waals surface area contributed by atoms with Crippen LogP contribution in [0.4, 0.5) is 0 Å².